The van der Waals surface area contributed by atoms with Crippen molar-refractivity contribution in [1.82, 2.24) is 14.9 Å². The molecule has 1 aliphatic rings. The second-order valence-electron chi connectivity index (χ2n) is 6.34. The number of aromatic nitrogens is 2. The van der Waals surface area contributed by atoms with E-state index in [0.717, 1.165) is 29.7 Å². The molecule has 1 aromatic carbocycles. The maximum absolute atomic E-state index is 13.0. The van der Waals surface area contributed by atoms with Crippen LogP contribution in [0.1, 0.15) is 33.0 Å². The van der Waals surface area contributed by atoms with E-state index in [1.165, 1.54) is 9.75 Å². The van der Waals surface area contributed by atoms with Crippen molar-refractivity contribution in [3.63, 3.8) is 0 Å². The van der Waals surface area contributed by atoms with Gasteiger partial charge < -0.3 is 4.90 Å². The minimum Gasteiger partial charge on any atom is -0.331 e. The van der Waals surface area contributed by atoms with E-state index in [0.29, 0.717) is 12.6 Å². The highest BCUT2D eigenvalue weighted by atomic mass is 32.1. The zero-order valence-electron chi connectivity index (χ0n) is 14.1. The highest BCUT2D eigenvalue weighted by Gasteiger charge is 2.33. The van der Waals surface area contributed by atoms with Crippen LogP contribution >= 0.6 is 11.3 Å². The molecule has 25 heavy (non-hydrogen) atoms. The molecule has 0 spiro atoms. The van der Waals surface area contributed by atoms with Crippen LogP contribution in [0, 0.1) is 6.92 Å². The SMILES string of the molecule is Cc1ccc(CN(C(=O)c2ccc(-c3cnccn3)cc2)C2CC2)s1. The summed E-state index contributed by atoms with van der Waals surface area (Å²) in [7, 11) is 0. The van der Waals surface area contributed by atoms with Crippen molar-refractivity contribution in [2.24, 2.45) is 0 Å². The standard InChI is InChI=1S/C20H19N3OS/c1-14-2-9-18(25-14)13-23(17-7-8-17)20(24)16-5-3-15(4-6-16)19-12-21-10-11-22-19/h2-6,9-12,17H,7-8,13H2,1H3. The fraction of sp³-hybridized carbons (Fsp3) is 0.250. The van der Waals surface area contributed by atoms with Crippen LogP contribution in [0.15, 0.2) is 55.0 Å². The molecule has 5 heteroatoms. The van der Waals surface area contributed by atoms with E-state index in [-0.39, 0.29) is 5.91 Å². The lowest BCUT2D eigenvalue weighted by atomic mass is 10.1. The van der Waals surface area contributed by atoms with Gasteiger partial charge in [-0.25, -0.2) is 0 Å². The summed E-state index contributed by atoms with van der Waals surface area (Å²) in [6.45, 7) is 2.80. The Balaban J connectivity index is 1.54. The summed E-state index contributed by atoms with van der Waals surface area (Å²) in [5.74, 6) is 0.110. The van der Waals surface area contributed by atoms with Gasteiger partial charge in [0.1, 0.15) is 0 Å². The molecule has 1 saturated carbocycles. The molecule has 1 amide bonds. The molecule has 0 radical (unpaired) electrons. The quantitative estimate of drug-likeness (QED) is 0.689. The number of carbonyl (C=O) groups excluding carboxylic acids is 1. The number of nitrogens with zero attached hydrogens (tertiary/aromatic N) is 3. The molecule has 0 unspecified atom stereocenters. The first kappa shape index (κ1) is 16.0. The first-order valence-corrected chi connectivity index (χ1v) is 9.25. The monoisotopic (exact) mass is 349 g/mol. The number of carbonyl (C=O) groups is 1. The summed E-state index contributed by atoms with van der Waals surface area (Å²) in [6, 6.07) is 12.3. The van der Waals surface area contributed by atoms with Gasteiger partial charge in [0.05, 0.1) is 18.4 Å². The highest BCUT2D eigenvalue weighted by Crippen LogP contribution is 2.31. The summed E-state index contributed by atoms with van der Waals surface area (Å²) in [5.41, 5.74) is 2.51. The van der Waals surface area contributed by atoms with E-state index in [1.807, 2.05) is 29.2 Å². The van der Waals surface area contributed by atoms with Gasteiger partial charge in [-0.05, 0) is 44.0 Å². The van der Waals surface area contributed by atoms with Gasteiger partial charge in [-0.15, -0.1) is 11.3 Å². The first-order valence-electron chi connectivity index (χ1n) is 8.43. The van der Waals surface area contributed by atoms with Crippen molar-refractivity contribution in [2.45, 2.75) is 32.4 Å². The van der Waals surface area contributed by atoms with Crippen molar-refractivity contribution in [2.75, 3.05) is 0 Å². The zero-order chi connectivity index (χ0) is 17.2. The summed E-state index contributed by atoms with van der Waals surface area (Å²) in [6.07, 6.45) is 7.27. The normalized spacial score (nSPS) is 13.6. The molecule has 1 aliphatic carbocycles. The van der Waals surface area contributed by atoms with Crippen LogP contribution in [-0.2, 0) is 6.54 Å². The lowest BCUT2D eigenvalue weighted by molar-refractivity contribution is 0.0731. The van der Waals surface area contributed by atoms with Crippen LogP contribution in [0.5, 0.6) is 0 Å². The molecule has 3 aromatic rings. The number of amides is 1. The van der Waals surface area contributed by atoms with Crippen LogP contribution in [-0.4, -0.2) is 26.8 Å². The lowest BCUT2D eigenvalue weighted by Gasteiger charge is -2.22. The molecule has 0 bridgehead atoms. The third-order valence-corrected chi connectivity index (χ3v) is 5.35. The summed E-state index contributed by atoms with van der Waals surface area (Å²) in [5, 5.41) is 0. The maximum Gasteiger partial charge on any atom is 0.254 e. The Morgan fingerprint density at radius 1 is 1.16 bits per heavy atom. The summed E-state index contributed by atoms with van der Waals surface area (Å²) in [4.78, 5) is 25.9. The average molecular weight is 349 g/mol. The van der Waals surface area contributed by atoms with Crippen LogP contribution in [0.2, 0.25) is 0 Å². The summed E-state index contributed by atoms with van der Waals surface area (Å²) < 4.78 is 0. The number of thiophene rings is 1. The Bertz CT molecular complexity index is 869. The largest absolute Gasteiger partial charge is 0.331 e. The van der Waals surface area contributed by atoms with E-state index in [1.54, 1.807) is 29.9 Å². The van der Waals surface area contributed by atoms with Crippen molar-refractivity contribution in [3.05, 3.63) is 70.3 Å². The molecular formula is C20H19N3OS. The Hall–Kier alpha value is -2.53. The Kier molecular flexibility index (Phi) is 4.32. The van der Waals surface area contributed by atoms with Gasteiger partial charge in [0.15, 0.2) is 0 Å². The molecule has 0 atom stereocenters. The topological polar surface area (TPSA) is 46.1 Å². The van der Waals surface area contributed by atoms with Crippen LogP contribution in [0.4, 0.5) is 0 Å². The van der Waals surface area contributed by atoms with Crippen LogP contribution < -0.4 is 0 Å². The number of benzene rings is 1. The molecule has 0 saturated heterocycles. The fourth-order valence-electron chi connectivity index (χ4n) is 2.89. The predicted molar refractivity (Wildman–Crippen MR) is 99.4 cm³/mol. The number of rotatable bonds is 5. The molecule has 1 fully saturated rings. The number of hydrogen-bond acceptors (Lipinski definition) is 4. The average Bonchev–Trinajstić information content (AvgIpc) is 3.42. The Labute approximate surface area is 151 Å². The second-order valence-corrected chi connectivity index (χ2v) is 7.72. The Morgan fingerprint density at radius 2 is 1.96 bits per heavy atom. The molecule has 126 valence electrons. The van der Waals surface area contributed by atoms with Crippen molar-refractivity contribution >= 4 is 17.2 Å². The highest BCUT2D eigenvalue weighted by molar-refractivity contribution is 7.11. The fourth-order valence-corrected chi connectivity index (χ4v) is 3.78. The van der Waals surface area contributed by atoms with Gasteiger partial charge in [-0.1, -0.05) is 12.1 Å². The van der Waals surface area contributed by atoms with E-state index in [2.05, 4.69) is 29.0 Å². The first-order chi connectivity index (χ1) is 12.2. The molecule has 4 nitrogen and oxygen atoms in total. The van der Waals surface area contributed by atoms with Gasteiger partial charge in [0.25, 0.3) is 5.91 Å². The number of aryl methyl sites for hydroxylation is 1. The number of hydrogen-bond donors (Lipinski definition) is 0. The molecule has 4 rings (SSSR count). The van der Waals surface area contributed by atoms with Gasteiger partial charge >= 0.3 is 0 Å². The van der Waals surface area contributed by atoms with Crippen LogP contribution in [0.25, 0.3) is 11.3 Å². The van der Waals surface area contributed by atoms with Gasteiger partial charge in [-0.3, -0.25) is 14.8 Å². The third kappa shape index (κ3) is 3.61. The van der Waals surface area contributed by atoms with Crippen molar-refractivity contribution in [3.8, 4) is 11.3 Å². The van der Waals surface area contributed by atoms with E-state index >= 15 is 0 Å². The van der Waals surface area contributed by atoms with Crippen LogP contribution in [0.3, 0.4) is 0 Å². The molecule has 0 aliphatic heterocycles. The van der Waals surface area contributed by atoms with Crippen molar-refractivity contribution < 1.29 is 4.79 Å². The minimum atomic E-state index is 0.110. The van der Waals surface area contributed by atoms with E-state index < -0.39 is 0 Å². The molecule has 2 heterocycles. The third-order valence-electron chi connectivity index (χ3n) is 4.36. The van der Waals surface area contributed by atoms with E-state index in [9.17, 15) is 4.79 Å². The van der Waals surface area contributed by atoms with Gasteiger partial charge in [0.2, 0.25) is 0 Å². The lowest BCUT2D eigenvalue weighted by Crippen LogP contribution is -2.32. The van der Waals surface area contributed by atoms with Crippen molar-refractivity contribution in [1.29, 1.82) is 0 Å². The second kappa shape index (κ2) is 6.76. The van der Waals surface area contributed by atoms with Gasteiger partial charge in [0, 0.05) is 39.3 Å². The molecule has 0 N–H and O–H groups in total. The van der Waals surface area contributed by atoms with E-state index in [4.69, 9.17) is 0 Å². The molecule has 2 aromatic heterocycles. The smallest absolute Gasteiger partial charge is 0.254 e. The predicted octanol–water partition coefficient (Wildman–Crippen LogP) is 4.32. The maximum atomic E-state index is 13.0. The molecular weight excluding hydrogens is 330 g/mol. The Morgan fingerprint density at radius 3 is 2.56 bits per heavy atom. The summed E-state index contributed by atoms with van der Waals surface area (Å²) >= 11 is 1.76. The van der Waals surface area contributed by atoms with Gasteiger partial charge in [-0.2, -0.15) is 0 Å². The zero-order valence-corrected chi connectivity index (χ0v) is 14.9. The minimum absolute atomic E-state index is 0.110.